The van der Waals surface area contributed by atoms with E-state index in [1.54, 1.807) is 12.1 Å². The fourth-order valence-corrected chi connectivity index (χ4v) is 1.71. The van der Waals surface area contributed by atoms with Gasteiger partial charge in [0.25, 0.3) is 0 Å². The Bertz CT molecular complexity index is 353. The zero-order valence-electron chi connectivity index (χ0n) is 6.73. The van der Waals surface area contributed by atoms with E-state index in [4.69, 9.17) is 16.1 Å². The summed E-state index contributed by atoms with van der Waals surface area (Å²) in [6.07, 6.45) is 0.279. The van der Waals surface area contributed by atoms with Gasteiger partial charge in [0, 0.05) is 11.3 Å². The molecule has 0 saturated heterocycles. The van der Waals surface area contributed by atoms with E-state index in [-0.39, 0.29) is 6.42 Å². The van der Waals surface area contributed by atoms with Crippen LogP contribution in [0.3, 0.4) is 0 Å². The number of hydrogen-bond donors (Lipinski definition) is 2. The van der Waals surface area contributed by atoms with Crippen molar-refractivity contribution in [3.05, 3.63) is 21.9 Å². The van der Waals surface area contributed by atoms with E-state index < -0.39 is 12.0 Å². The van der Waals surface area contributed by atoms with Crippen LogP contribution in [0.25, 0.3) is 0 Å². The van der Waals surface area contributed by atoms with Crippen molar-refractivity contribution >= 4 is 17.3 Å². The second-order valence-electron chi connectivity index (χ2n) is 2.53. The molecule has 4 nitrogen and oxygen atoms in total. The molecule has 68 valence electrons. The van der Waals surface area contributed by atoms with Crippen LogP contribution >= 0.6 is 11.3 Å². The Hall–Kier alpha value is -1.38. The van der Waals surface area contributed by atoms with Gasteiger partial charge < -0.3 is 10.8 Å². The van der Waals surface area contributed by atoms with Crippen molar-refractivity contribution in [3.63, 3.8) is 0 Å². The standard InChI is InChI=1S/C8H8N2O2S/c9-4-6-2-1-5(13-6)3-7(10)8(11)12/h1-2,7H,3,10H2,(H,11,12). The van der Waals surface area contributed by atoms with Crippen LogP contribution in [0.15, 0.2) is 12.1 Å². The molecule has 0 amide bonds. The van der Waals surface area contributed by atoms with E-state index in [0.29, 0.717) is 4.88 Å². The fraction of sp³-hybridized carbons (Fsp3) is 0.250. The predicted molar refractivity (Wildman–Crippen MR) is 48.3 cm³/mol. The number of nitriles is 1. The van der Waals surface area contributed by atoms with Crippen molar-refractivity contribution in [2.75, 3.05) is 0 Å². The van der Waals surface area contributed by atoms with E-state index in [1.807, 2.05) is 6.07 Å². The summed E-state index contributed by atoms with van der Waals surface area (Å²) >= 11 is 1.27. The number of rotatable bonds is 3. The normalized spacial score (nSPS) is 12.0. The van der Waals surface area contributed by atoms with Gasteiger partial charge in [0.1, 0.15) is 17.0 Å². The van der Waals surface area contributed by atoms with Gasteiger partial charge in [-0.1, -0.05) is 0 Å². The number of thiophene rings is 1. The molecule has 0 aliphatic heterocycles. The number of carboxylic acid groups (broad SMARTS) is 1. The summed E-state index contributed by atoms with van der Waals surface area (Å²) in [5.41, 5.74) is 5.32. The van der Waals surface area contributed by atoms with E-state index in [9.17, 15) is 4.79 Å². The van der Waals surface area contributed by atoms with Crippen LogP contribution in [0.4, 0.5) is 0 Å². The second-order valence-corrected chi connectivity index (χ2v) is 3.69. The van der Waals surface area contributed by atoms with Gasteiger partial charge in [0.05, 0.1) is 0 Å². The molecule has 3 N–H and O–H groups in total. The van der Waals surface area contributed by atoms with Gasteiger partial charge in [0.2, 0.25) is 0 Å². The lowest BCUT2D eigenvalue weighted by atomic mass is 10.2. The molecule has 0 aliphatic carbocycles. The van der Waals surface area contributed by atoms with Crippen LogP contribution in [0.2, 0.25) is 0 Å². The summed E-state index contributed by atoms with van der Waals surface area (Å²) in [7, 11) is 0. The zero-order valence-corrected chi connectivity index (χ0v) is 7.54. The Morgan fingerprint density at radius 2 is 2.46 bits per heavy atom. The molecule has 0 spiro atoms. The maximum atomic E-state index is 10.4. The second kappa shape index (κ2) is 4.03. The molecule has 0 radical (unpaired) electrons. The average molecular weight is 196 g/mol. The molecule has 13 heavy (non-hydrogen) atoms. The highest BCUT2D eigenvalue weighted by Crippen LogP contribution is 2.16. The molecule has 0 aliphatic rings. The molecule has 1 heterocycles. The first-order valence-corrected chi connectivity index (χ1v) is 4.42. The third-order valence-electron chi connectivity index (χ3n) is 1.51. The van der Waals surface area contributed by atoms with Crippen LogP contribution < -0.4 is 5.73 Å². The topological polar surface area (TPSA) is 87.1 Å². The Balaban J connectivity index is 2.65. The maximum Gasteiger partial charge on any atom is 0.320 e. The van der Waals surface area contributed by atoms with Gasteiger partial charge in [-0.05, 0) is 12.1 Å². The molecule has 1 atom stereocenters. The third kappa shape index (κ3) is 2.54. The highest BCUT2D eigenvalue weighted by molar-refractivity contribution is 7.12. The Morgan fingerprint density at radius 3 is 2.92 bits per heavy atom. The van der Waals surface area contributed by atoms with Crippen LogP contribution in [-0.2, 0) is 11.2 Å². The van der Waals surface area contributed by atoms with Crippen molar-refractivity contribution in [3.8, 4) is 6.07 Å². The van der Waals surface area contributed by atoms with E-state index in [1.165, 1.54) is 11.3 Å². The number of nitrogens with two attached hydrogens (primary N) is 1. The van der Waals surface area contributed by atoms with Crippen LogP contribution in [-0.4, -0.2) is 17.1 Å². The molecule has 1 rings (SSSR count). The number of aliphatic carboxylic acids is 1. The van der Waals surface area contributed by atoms with Gasteiger partial charge in [-0.2, -0.15) is 5.26 Å². The lowest BCUT2D eigenvalue weighted by molar-refractivity contribution is -0.138. The largest absolute Gasteiger partial charge is 0.480 e. The number of carbonyl (C=O) groups is 1. The molecule has 0 bridgehead atoms. The minimum Gasteiger partial charge on any atom is -0.480 e. The van der Waals surface area contributed by atoms with Gasteiger partial charge >= 0.3 is 5.97 Å². The zero-order chi connectivity index (χ0) is 9.84. The monoisotopic (exact) mass is 196 g/mol. The molecular formula is C8H8N2O2S. The Labute approximate surface area is 79.2 Å². The maximum absolute atomic E-state index is 10.4. The van der Waals surface area contributed by atoms with Crippen LogP contribution in [0, 0.1) is 11.3 Å². The molecule has 0 aromatic carbocycles. The molecule has 0 fully saturated rings. The molecule has 1 aromatic rings. The van der Waals surface area contributed by atoms with Crippen molar-refractivity contribution in [2.45, 2.75) is 12.5 Å². The number of nitrogens with zero attached hydrogens (tertiary/aromatic N) is 1. The van der Waals surface area contributed by atoms with Crippen LogP contribution in [0.5, 0.6) is 0 Å². The lowest BCUT2D eigenvalue weighted by Gasteiger charge is -2.02. The predicted octanol–water partition coefficient (Wildman–Crippen LogP) is 0.574. The SMILES string of the molecule is N#Cc1ccc(CC(N)C(=O)O)s1. The van der Waals surface area contributed by atoms with Gasteiger partial charge in [0.15, 0.2) is 0 Å². The first-order chi connectivity index (χ1) is 6.13. The third-order valence-corrected chi connectivity index (χ3v) is 2.52. The van der Waals surface area contributed by atoms with Crippen molar-refractivity contribution < 1.29 is 9.90 Å². The minimum atomic E-state index is -1.02. The molecule has 5 heteroatoms. The molecular weight excluding hydrogens is 188 g/mol. The number of hydrogen-bond acceptors (Lipinski definition) is 4. The minimum absolute atomic E-state index is 0.279. The lowest BCUT2D eigenvalue weighted by Crippen LogP contribution is -2.31. The van der Waals surface area contributed by atoms with Crippen LogP contribution in [0.1, 0.15) is 9.75 Å². The summed E-state index contributed by atoms with van der Waals surface area (Å²) in [6, 6.07) is 4.49. The molecule has 1 unspecified atom stereocenters. The summed E-state index contributed by atoms with van der Waals surface area (Å²) in [5, 5.41) is 17.0. The van der Waals surface area contributed by atoms with Gasteiger partial charge in [-0.25, -0.2) is 0 Å². The first-order valence-electron chi connectivity index (χ1n) is 3.60. The van der Waals surface area contributed by atoms with E-state index in [2.05, 4.69) is 0 Å². The quantitative estimate of drug-likeness (QED) is 0.740. The summed E-state index contributed by atoms with van der Waals surface area (Å²) in [4.78, 5) is 11.8. The van der Waals surface area contributed by atoms with E-state index >= 15 is 0 Å². The van der Waals surface area contributed by atoms with Gasteiger partial charge in [-0.15, -0.1) is 11.3 Å². The molecule has 0 saturated carbocycles. The van der Waals surface area contributed by atoms with Crippen molar-refractivity contribution in [2.24, 2.45) is 5.73 Å². The highest BCUT2D eigenvalue weighted by atomic mass is 32.1. The smallest absolute Gasteiger partial charge is 0.320 e. The van der Waals surface area contributed by atoms with E-state index in [0.717, 1.165) is 4.88 Å². The number of carboxylic acids is 1. The summed E-state index contributed by atoms with van der Waals surface area (Å²) < 4.78 is 0. The first kappa shape index (κ1) is 9.71. The Morgan fingerprint density at radius 1 is 1.77 bits per heavy atom. The highest BCUT2D eigenvalue weighted by Gasteiger charge is 2.13. The fourth-order valence-electron chi connectivity index (χ4n) is 0.852. The average Bonchev–Trinajstić information content (AvgIpc) is 2.52. The summed E-state index contributed by atoms with van der Waals surface area (Å²) in [5.74, 6) is -1.02. The summed E-state index contributed by atoms with van der Waals surface area (Å²) in [6.45, 7) is 0. The van der Waals surface area contributed by atoms with Crippen molar-refractivity contribution in [1.82, 2.24) is 0 Å². The Kier molecular flexibility index (Phi) is 3.01. The van der Waals surface area contributed by atoms with Gasteiger partial charge in [-0.3, -0.25) is 4.79 Å². The molecule has 1 aromatic heterocycles. The van der Waals surface area contributed by atoms with Crippen molar-refractivity contribution in [1.29, 1.82) is 5.26 Å².